The van der Waals surface area contributed by atoms with Gasteiger partial charge in [-0.3, -0.25) is 10.1 Å². The summed E-state index contributed by atoms with van der Waals surface area (Å²) in [7, 11) is 1.61. The smallest absolute Gasteiger partial charge is 0.273 e. The average molecular weight is 311 g/mol. The van der Waals surface area contributed by atoms with Crippen LogP contribution in [0.5, 0.6) is 11.5 Å². The lowest BCUT2D eigenvalue weighted by molar-refractivity contribution is -0.589. The third-order valence-corrected chi connectivity index (χ3v) is 2.94. The Morgan fingerprint density at radius 1 is 1.24 bits per heavy atom. The summed E-state index contributed by atoms with van der Waals surface area (Å²) in [5, 5.41) is 22.1. The van der Waals surface area contributed by atoms with Crippen LogP contribution in [-0.4, -0.2) is 17.1 Å². The number of halogens is 1. The van der Waals surface area contributed by atoms with Crippen molar-refractivity contribution >= 4 is 11.4 Å². The molecular weight excluding hydrogens is 296 g/mol. The van der Waals surface area contributed by atoms with E-state index >= 15 is 0 Å². The second-order valence-electron chi connectivity index (χ2n) is 4.26. The van der Waals surface area contributed by atoms with Crippen LogP contribution >= 0.6 is 0 Å². The van der Waals surface area contributed by atoms with Gasteiger partial charge in [-0.2, -0.15) is 0 Å². The maximum Gasteiger partial charge on any atom is 0.273 e. The summed E-state index contributed by atoms with van der Waals surface area (Å²) >= 11 is 0. The standard InChI is InChI=1S/C14H14N2O4.ClH/c1-20-12-5-2-10(3-6-12)9-15-13-7-4-11(16(18)19)8-14(13)17;/h2-8,15,17H,9H2,1H3;1H. The fraction of sp³-hybridized carbons (Fsp3) is 0.143. The largest absolute Gasteiger partial charge is 1.00 e. The van der Waals surface area contributed by atoms with Gasteiger partial charge in [0.2, 0.25) is 0 Å². The van der Waals surface area contributed by atoms with Crippen molar-refractivity contribution in [2.75, 3.05) is 7.11 Å². The topological polar surface area (TPSA) is 89.2 Å². The normalized spacial score (nSPS) is 9.76. The molecule has 0 saturated carbocycles. The number of hydrogen-bond acceptors (Lipinski definition) is 4. The Kier molecular flexibility index (Phi) is 5.95. The summed E-state index contributed by atoms with van der Waals surface area (Å²) in [6.07, 6.45) is 0. The SMILES string of the molecule is COc1ccc(C[NH2+]c2ccc([N+](=O)[O-])cc2O)cc1.[Cl-]. The molecule has 0 unspecified atom stereocenters. The minimum Gasteiger partial charge on any atom is -1.00 e. The molecule has 2 aromatic rings. The van der Waals surface area contributed by atoms with E-state index in [1.165, 1.54) is 12.1 Å². The van der Waals surface area contributed by atoms with Crippen molar-refractivity contribution in [3.8, 4) is 11.5 Å². The maximum absolute atomic E-state index is 10.6. The zero-order valence-corrected chi connectivity index (χ0v) is 12.1. The molecule has 6 nitrogen and oxygen atoms in total. The summed E-state index contributed by atoms with van der Waals surface area (Å²) in [4.78, 5) is 10.0. The summed E-state index contributed by atoms with van der Waals surface area (Å²) in [6, 6.07) is 11.6. The van der Waals surface area contributed by atoms with E-state index < -0.39 is 4.92 Å². The molecule has 0 aromatic heterocycles. The molecule has 3 N–H and O–H groups in total. The lowest BCUT2D eigenvalue weighted by Crippen LogP contribution is -3.00. The van der Waals surface area contributed by atoms with Crippen LogP contribution in [0.4, 0.5) is 11.4 Å². The molecule has 0 atom stereocenters. The van der Waals surface area contributed by atoms with Gasteiger partial charge in [0.25, 0.3) is 5.69 Å². The van der Waals surface area contributed by atoms with E-state index in [1.807, 2.05) is 29.6 Å². The molecule has 112 valence electrons. The van der Waals surface area contributed by atoms with Crippen LogP contribution < -0.4 is 22.5 Å². The van der Waals surface area contributed by atoms with E-state index in [0.717, 1.165) is 17.4 Å². The highest BCUT2D eigenvalue weighted by molar-refractivity contribution is 5.51. The minimum atomic E-state index is -0.535. The highest BCUT2D eigenvalue weighted by Gasteiger charge is 2.12. The van der Waals surface area contributed by atoms with Crippen LogP contribution in [0.3, 0.4) is 0 Å². The van der Waals surface area contributed by atoms with Gasteiger partial charge in [0, 0.05) is 17.7 Å². The van der Waals surface area contributed by atoms with Gasteiger partial charge in [-0.25, -0.2) is 0 Å². The molecule has 0 aliphatic carbocycles. The van der Waals surface area contributed by atoms with Crippen molar-refractivity contribution in [1.82, 2.24) is 0 Å². The quantitative estimate of drug-likeness (QED) is 0.311. The van der Waals surface area contributed by atoms with Crippen molar-refractivity contribution in [1.29, 1.82) is 0 Å². The van der Waals surface area contributed by atoms with Gasteiger partial charge in [-0.1, -0.05) is 0 Å². The first-order valence-corrected chi connectivity index (χ1v) is 6.03. The number of nitrogens with zero attached hydrogens (tertiary/aromatic N) is 1. The number of nitro groups is 1. The second kappa shape index (κ2) is 7.47. The first-order valence-electron chi connectivity index (χ1n) is 6.03. The Morgan fingerprint density at radius 3 is 2.43 bits per heavy atom. The highest BCUT2D eigenvalue weighted by Crippen LogP contribution is 2.24. The number of nitrogens with two attached hydrogens (primary N) is 1. The zero-order valence-electron chi connectivity index (χ0n) is 11.3. The fourth-order valence-electron chi connectivity index (χ4n) is 1.81. The molecule has 0 aliphatic rings. The number of hydrogen-bond donors (Lipinski definition) is 2. The fourth-order valence-corrected chi connectivity index (χ4v) is 1.81. The van der Waals surface area contributed by atoms with Gasteiger partial charge < -0.3 is 27.6 Å². The number of phenols is 1. The van der Waals surface area contributed by atoms with Crippen molar-refractivity contribution in [2.24, 2.45) is 0 Å². The van der Waals surface area contributed by atoms with E-state index in [2.05, 4.69) is 0 Å². The van der Waals surface area contributed by atoms with Gasteiger partial charge in [-0.05, 0) is 24.3 Å². The zero-order chi connectivity index (χ0) is 14.5. The molecule has 2 rings (SSSR count). The van der Waals surface area contributed by atoms with Crippen LogP contribution in [0.15, 0.2) is 42.5 Å². The van der Waals surface area contributed by atoms with E-state index in [4.69, 9.17) is 4.74 Å². The Hall–Kier alpha value is -2.31. The van der Waals surface area contributed by atoms with Gasteiger partial charge in [0.05, 0.1) is 18.1 Å². The number of rotatable bonds is 5. The number of aromatic hydroxyl groups is 1. The van der Waals surface area contributed by atoms with E-state index in [-0.39, 0.29) is 23.8 Å². The van der Waals surface area contributed by atoms with E-state index in [9.17, 15) is 15.2 Å². The lowest BCUT2D eigenvalue weighted by atomic mass is 10.2. The molecule has 0 fully saturated rings. The van der Waals surface area contributed by atoms with E-state index in [1.54, 1.807) is 7.11 Å². The monoisotopic (exact) mass is 310 g/mol. The summed E-state index contributed by atoms with van der Waals surface area (Å²) in [5.74, 6) is 0.694. The minimum absolute atomic E-state index is 0. The van der Waals surface area contributed by atoms with Crippen molar-refractivity contribution in [2.45, 2.75) is 6.54 Å². The molecule has 0 aliphatic heterocycles. The number of ether oxygens (including phenoxy) is 1. The predicted octanol–water partition coefficient (Wildman–Crippen LogP) is -1.29. The molecule has 7 heteroatoms. The number of methoxy groups -OCH3 is 1. The van der Waals surface area contributed by atoms with Crippen LogP contribution in [0.25, 0.3) is 0 Å². The Labute approximate surface area is 127 Å². The third kappa shape index (κ3) is 4.34. The van der Waals surface area contributed by atoms with Crippen molar-refractivity contribution in [3.05, 3.63) is 58.1 Å². The molecule has 0 heterocycles. The molecule has 0 amide bonds. The van der Waals surface area contributed by atoms with Crippen molar-refractivity contribution < 1.29 is 32.5 Å². The molecule has 0 bridgehead atoms. The van der Waals surface area contributed by atoms with Crippen molar-refractivity contribution in [3.63, 3.8) is 0 Å². The van der Waals surface area contributed by atoms with Crippen LogP contribution in [-0.2, 0) is 6.54 Å². The molecule has 2 aromatic carbocycles. The summed E-state index contributed by atoms with van der Waals surface area (Å²) in [5.41, 5.74) is 1.51. The first-order chi connectivity index (χ1) is 9.60. The highest BCUT2D eigenvalue weighted by atomic mass is 35.5. The Bertz CT molecular complexity index is 617. The first kappa shape index (κ1) is 16.7. The summed E-state index contributed by atoms with van der Waals surface area (Å²) in [6.45, 7) is 0.620. The number of phenolic OH excluding ortho intramolecular Hbond substituents is 1. The number of nitro benzene ring substituents is 1. The molecule has 21 heavy (non-hydrogen) atoms. The Balaban J connectivity index is 0.00000220. The number of quaternary nitrogens is 1. The van der Waals surface area contributed by atoms with Crippen LogP contribution in [0, 0.1) is 10.1 Å². The molecule has 0 radical (unpaired) electrons. The summed E-state index contributed by atoms with van der Waals surface area (Å²) < 4.78 is 5.07. The lowest BCUT2D eigenvalue weighted by Gasteiger charge is -2.04. The predicted molar refractivity (Wildman–Crippen MR) is 73.0 cm³/mol. The van der Waals surface area contributed by atoms with Gasteiger partial charge >= 0.3 is 0 Å². The molecular formula is C14H15ClN2O4. The molecule has 0 spiro atoms. The maximum atomic E-state index is 10.6. The van der Waals surface area contributed by atoms with Gasteiger partial charge in [0.1, 0.15) is 12.3 Å². The van der Waals surface area contributed by atoms with Gasteiger partial charge in [0.15, 0.2) is 11.4 Å². The molecule has 0 saturated heterocycles. The van der Waals surface area contributed by atoms with Crippen LogP contribution in [0.2, 0.25) is 0 Å². The third-order valence-electron chi connectivity index (χ3n) is 2.94. The van der Waals surface area contributed by atoms with Gasteiger partial charge in [-0.15, -0.1) is 0 Å². The number of benzene rings is 2. The van der Waals surface area contributed by atoms with Crippen LogP contribution in [0.1, 0.15) is 5.56 Å². The Morgan fingerprint density at radius 2 is 1.90 bits per heavy atom. The average Bonchev–Trinajstić information content (AvgIpc) is 2.46. The second-order valence-corrected chi connectivity index (χ2v) is 4.26. The number of non-ortho nitro benzene ring substituents is 1. The van der Waals surface area contributed by atoms with E-state index in [0.29, 0.717) is 12.2 Å².